The van der Waals surface area contributed by atoms with E-state index in [4.69, 9.17) is 10.6 Å². The van der Waals surface area contributed by atoms with Gasteiger partial charge >= 0.3 is 5.97 Å². The number of carbonyl (C=O) groups is 1. The van der Waals surface area contributed by atoms with Crippen LogP contribution in [-0.4, -0.2) is 40.0 Å². The molecule has 1 unspecified atom stereocenters. The fourth-order valence-corrected chi connectivity index (χ4v) is 2.24. The molecule has 1 saturated heterocycles. The van der Waals surface area contributed by atoms with Gasteiger partial charge < -0.3 is 10.2 Å². The van der Waals surface area contributed by atoms with E-state index >= 15 is 0 Å². The fraction of sp³-hybridized carbons (Fsp3) is 0.583. The molecule has 0 amide bonds. The van der Waals surface area contributed by atoms with Crippen LogP contribution >= 0.6 is 0 Å². The maximum absolute atomic E-state index is 11.8. The van der Waals surface area contributed by atoms with Crippen molar-refractivity contribution in [1.82, 2.24) is 14.9 Å². The number of hydrogen-bond donors (Lipinski definition) is 2. The van der Waals surface area contributed by atoms with Crippen molar-refractivity contribution in [2.75, 3.05) is 18.6 Å². The summed E-state index contributed by atoms with van der Waals surface area (Å²) in [5.74, 6) is 5.61. The summed E-state index contributed by atoms with van der Waals surface area (Å²) in [6.07, 6.45) is 5.08. The van der Waals surface area contributed by atoms with Crippen molar-refractivity contribution >= 4 is 11.8 Å². The molecular weight excluding hydrogens is 246 g/mol. The van der Waals surface area contributed by atoms with Gasteiger partial charge in [-0.3, -0.25) is 14.7 Å². The predicted octanol–water partition coefficient (Wildman–Crippen LogP) is 0.290. The van der Waals surface area contributed by atoms with Gasteiger partial charge in [-0.15, -0.1) is 0 Å². The van der Waals surface area contributed by atoms with Crippen LogP contribution in [0.1, 0.15) is 25.5 Å². The first-order chi connectivity index (χ1) is 9.24. The standard InChI is InChI=1S/C12H19N5O2/c1-2-19-12(18)10-4-3-5-17(10)8-9-6-15-11(16-13)7-14-9/h6-7,10H,2-5,8,13H2,1H3,(H,15,16). The van der Waals surface area contributed by atoms with E-state index < -0.39 is 0 Å². The third kappa shape index (κ3) is 3.39. The van der Waals surface area contributed by atoms with Gasteiger partial charge in [-0.2, -0.15) is 0 Å². The molecule has 7 heteroatoms. The zero-order valence-electron chi connectivity index (χ0n) is 11.0. The Morgan fingerprint density at radius 1 is 1.58 bits per heavy atom. The maximum Gasteiger partial charge on any atom is 0.323 e. The SMILES string of the molecule is CCOC(=O)C1CCCN1Cc1cnc(NN)cn1. The van der Waals surface area contributed by atoms with Crippen molar-refractivity contribution in [1.29, 1.82) is 0 Å². The highest BCUT2D eigenvalue weighted by Crippen LogP contribution is 2.20. The lowest BCUT2D eigenvalue weighted by Gasteiger charge is -2.22. The molecule has 104 valence electrons. The van der Waals surface area contributed by atoms with Crippen molar-refractivity contribution in [3.8, 4) is 0 Å². The summed E-state index contributed by atoms with van der Waals surface area (Å²) in [4.78, 5) is 22.3. The molecule has 0 spiro atoms. The molecule has 0 aromatic carbocycles. The van der Waals surface area contributed by atoms with Crippen molar-refractivity contribution in [3.63, 3.8) is 0 Å². The molecule has 1 aliphatic rings. The van der Waals surface area contributed by atoms with Gasteiger partial charge in [0.1, 0.15) is 6.04 Å². The monoisotopic (exact) mass is 265 g/mol. The Morgan fingerprint density at radius 3 is 3.05 bits per heavy atom. The maximum atomic E-state index is 11.8. The molecule has 19 heavy (non-hydrogen) atoms. The van der Waals surface area contributed by atoms with Crippen LogP contribution in [0.3, 0.4) is 0 Å². The molecular formula is C12H19N5O2. The highest BCUT2D eigenvalue weighted by atomic mass is 16.5. The Balaban J connectivity index is 1.98. The molecule has 2 rings (SSSR count). The number of carbonyl (C=O) groups excluding carboxylic acids is 1. The quantitative estimate of drug-likeness (QED) is 0.449. The number of esters is 1. The van der Waals surface area contributed by atoms with E-state index in [9.17, 15) is 4.79 Å². The third-order valence-electron chi connectivity index (χ3n) is 3.14. The fourth-order valence-electron chi connectivity index (χ4n) is 2.24. The number of aromatic nitrogens is 2. The van der Waals surface area contributed by atoms with E-state index in [0.717, 1.165) is 25.1 Å². The number of nitrogens with zero attached hydrogens (tertiary/aromatic N) is 3. The predicted molar refractivity (Wildman–Crippen MR) is 69.9 cm³/mol. The molecule has 0 aliphatic carbocycles. The van der Waals surface area contributed by atoms with Gasteiger partial charge in [0.25, 0.3) is 0 Å². The molecule has 0 bridgehead atoms. The normalized spacial score (nSPS) is 19.4. The first-order valence-electron chi connectivity index (χ1n) is 6.42. The van der Waals surface area contributed by atoms with E-state index in [2.05, 4.69) is 20.3 Å². The van der Waals surface area contributed by atoms with Gasteiger partial charge in [0, 0.05) is 6.54 Å². The average molecular weight is 265 g/mol. The molecule has 1 atom stereocenters. The molecule has 0 saturated carbocycles. The van der Waals surface area contributed by atoms with Crippen LogP contribution in [-0.2, 0) is 16.1 Å². The summed E-state index contributed by atoms with van der Waals surface area (Å²) in [5.41, 5.74) is 3.25. The number of likely N-dealkylation sites (tertiary alicyclic amines) is 1. The lowest BCUT2D eigenvalue weighted by molar-refractivity contribution is -0.148. The Labute approximate surface area is 112 Å². The molecule has 0 radical (unpaired) electrons. The van der Waals surface area contributed by atoms with E-state index in [1.54, 1.807) is 12.4 Å². The highest BCUT2D eigenvalue weighted by Gasteiger charge is 2.31. The Bertz CT molecular complexity index is 423. The van der Waals surface area contributed by atoms with Crippen molar-refractivity contribution < 1.29 is 9.53 Å². The third-order valence-corrected chi connectivity index (χ3v) is 3.14. The van der Waals surface area contributed by atoms with Gasteiger partial charge in [-0.05, 0) is 26.3 Å². The molecule has 1 aliphatic heterocycles. The molecule has 7 nitrogen and oxygen atoms in total. The summed E-state index contributed by atoms with van der Waals surface area (Å²) in [5, 5.41) is 0. The number of nitrogen functional groups attached to an aromatic ring is 1. The van der Waals surface area contributed by atoms with Crippen LogP contribution < -0.4 is 11.3 Å². The van der Waals surface area contributed by atoms with Crippen LogP contribution in [0.5, 0.6) is 0 Å². The number of hydrogen-bond acceptors (Lipinski definition) is 7. The van der Waals surface area contributed by atoms with E-state index in [1.165, 1.54) is 0 Å². The molecule has 1 aromatic heterocycles. The van der Waals surface area contributed by atoms with Crippen LogP contribution in [0.2, 0.25) is 0 Å². The van der Waals surface area contributed by atoms with Crippen LogP contribution in [0.15, 0.2) is 12.4 Å². The summed E-state index contributed by atoms with van der Waals surface area (Å²) < 4.78 is 5.09. The van der Waals surface area contributed by atoms with Crippen LogP contribution in [0.4, 0.5) is 5.82 Å². The Kier molecular flexibility index (Phi) is 4.64. The minimum Gasteiger partial charge on any atom is -0.465 e. The van der Waals surface area contributed by atoms with Gasteiger partial charge in [0.2, 0.25) is 0 Å². The largest absolute Gasteiger partial charge is 0.465 e. The van der Waals surface area contributed by atoms with E-state index in [1.807, 2.05) is 6.92 Å². The first-order valence-corrected chi connectivity index (χ1v) is 6.42. The molecule has 1 fully saturated rings. The minimum absolute atomic E-state index is 0.145. The second-order valence-electron chi connectivity index (χ2n) is 4.42. The lowest BCUT2D eigenvalue weighted by Crippen LogP contribution is -2.37. The van der Waals surface area contributed by atoms with Gasteiger partial charge in [-0.1, -0.05) is 0 Å². The smallest absolute Gasteiger partial charge is 0.323 e. The molecule has 3 N–H and O–H groups in total. The van der Waals surface area contributed by atoms with Crippen molar-refractivity contribution in [2.24, 2.45) is 5.84 Å². The minimum atomic E-state index is -0.158. The van der Waals surface area contributed by atoms with Gasteiger partial charge in [0.05, 0.1) is 24.7 Å². The Morgan fingerprint density at radius 2 is 2.42 bits per heavy atom. The number of ether oxygens (including phenoxy) is 1. The number of nitrogens with one attached hydrogen (secondary N) is 1. The van der Waals surface area contributed by atoms with E-state index in [0.29, 0.717) is 19.0 Å². The average Bonchev–Trinajstić information content (AvgIpc) is 2.88. The summed E-state index contributed by atoms with van der Waals surface area (Å²) in [7, 11) is 0. The second kappa shape index (κ2) is 6.44. The number of rotatable bonds is 5. The van der Waals surface area contributed by atoms with Crippen molar-refractivity contribution in [3.05, 3.63) is 18.1 Å². The highest BCUT2D eigenvalue weighted by molar-refractivity contribution is 5.76. The second-order valence-corrected chi connectivity index (χ2v) is 4.42. The van der Waals surface area contributed by atoms with Crippen LogP contribution in [0, 0.1) is 0 Å². The Hall–Kier alpha value is -1.73. The number of hydrazine groups is 1. The molecule has 2 heterocycles. The first kappa shape index (κ1) is 13.7. The van der Waals surface area contributed by atoms with Gasteiger partial charge in [-0.25, -0.2) is 10.8 Å². The summed E-state index contributed by atoms with van der Waals surface area (Å²) >= 11 is 0. The summed E-state index contributed by atoms with van der Waals surface area (Å²) in [6.45, 7) is 3.71. The number of anilines is 1. The summed E-state index contributed by atoms with van der Waals surface area (Å²) in [6, 6.07) is -0.158. The van der Waals surface area contributed by atoms with Gasteiger partial charge in [0.15, 0.2) is 5.82 Å². The van der Waals surface area contributed by atoms with Crippen molar-refractivity contribution in [2.45, 2.75) is 32.4 Å². The van der Waals surface area contributed by atoms with E-state index in [-0.39, 0.29) is 12.0 Å². The number of nitrogens with two attached hydrogens (primary N) is 1. The zero-order chi connectivity index (χ0) is 13.7. The lowest BCUT2D eigenvalue weighted by atomic mass is 10.2. The van der Waals surface area contributed by atoms with Crippen LogP contribution in [0.25, 0.3) is 0 Å². The molecule has 1 aromatic rings. The topological polar surface area (TPSA) is 93.4 Å². The zero-order valence-corrected chi connectivity index (χ0v) is 11.0.